The number of benzene rings is 2. The van der Waals surface area contributed by atoms with E-state index in [1.54, 1.807) is 17.0 Å². The lowest BCUT2D eigenvalue weighted by Crippen LogP contribution is -2.36. The Labute approximate surface area is 165 Å². The minimum Gasteiger partial charge on any atom is -0.493 e. The Kier molecular flexibility index (Phi) is 7.26. The van der Waals surface area contributed by atoms with Crippen molar-refractivity contribution in [2.24, 2.45) is 5.73 Å². The van der Waals surface area contributed by atoms with Crippen LogP contribution in [0, 0.1) is 0 Å². The monoisotopic (exact) mass is 386 g/mol. The van der Waals surface area contributed by atoms with Crippen LogP contribution in [0.1, 0.15) is 29.8 Å². The summed E-state index contributed by atoms with van der Waals surface area (Å²) < 4.78 is 16.1. The summed E-state index contributed by atoms with van der Waals surface area (Å²) in [4.78, 5) is 26.0. The van der Waals surface area contributed by atoms with Crippen molar-refractivity contribution in [1.82, 2.24) is 4.90 Å². The van der Waals surface area contributed by atoms with Crippen LogP contribution in [-0.4, -0.2) is 43.6 Å². The molecular weight excluding hydrogens is 360 g/mol. The van der Waals surface area contributed by atoms with Crippen LogP contribution in [0.15, 0.2) is 42.5 Å². The van der Waals surface area contributed by atoms with Gasteiger partial charge in [0, 0.05) is 18.2 Å². The molecule has 0 aliphatic heterocycles. The smallest absolute Gasteiger partial charge is 0.255 e. The average molecular weight is 386 g/mol. The Morgan fingerprint density at radius 1 is 1.04 bits per heavy atom. The first-order chi connectivity index (χ1) is 13.4. The lowest BCUT2D eigenvalue weighted by molar-refractivity contribution is -0.120. The number of hydrogen-bond donors (Lipinski definition) is 1. The molecule has 0 aliphatic rings. The largest absolute Gasteiger partial charge is 0.493 e. The highest BCUT2D eigenvalue weighted by atomic mass is 16.5. The van der Waals surface area contributed by atoms with Crippen LogP contribution < -0.4 is 19.9 Å². The number of ether oxygens (including phenoxy) is 3. The minimum atomic E-state index is -0.627. The molecule has 0 atom stereocenters. The molecular formula is C21H26N2O5. The Hall–Kier alpha value is -3.22. The van der Waals surface area contributed by atoms with Crippen LogP contribution in [0.4, 0.5) is 0 Å². The minimum absolute atomic E-state index is 0.0181. The van der Waals surface area contributed by atoms with Crippen LogP contribution >= 0.6 is 0 Å². The van der Waals surface area contributed by atoms with Gasteiger partial charge >= 0.3 is 0 Å². The number of rotatable bonds is 9. The molecule has 7 nitrogen and oxygen atoms in total. The summed E-state index contributed by atoms with van der Waals surface area (Å²) in [6, 6.07) is 12.9. The van der Waals surface area contributed by atoms with E-state index >= 15 is 0 Å². The molecule has 7 heteroatoms. The Balaban J connectivity index is 2.38. The summed E-state index contributed by atoms with van der Waals surface area (Å²) in [5.41, 5.74) is 6.57. The quantitative estimate of drug-likeness (QED) is 0.715. The third-order valence-electron chi connectivity index (χ3n) is 4.15. The number of methoxy groups -OCH3 is 2. The molecule has 150 valence electrons. The Bertz CT molecular complexity index is 796. The molecule has 0 aliphatic carbocycles. The van der Waals surface area contributed by atoms with Gasteiger partial charge in [0.1, 0.15) is 0 Å². The second-order valence-corrected chi connectivity index (χ2v) is 6.48. The first-order valence-corrected chi connectivity index (χ1v) is 8.89. The third-order valence-corrected chi connectivity index (χ3v) is 4.15. The maximum atomic E-state index is 13.2. The van der Waals surface area contributed by atoms with Crippen molar-refractivity contribution < 1.29 is 23.8 Å². The molecule has 0 radical (unpaired) electrons. The fourth-order valence-electron chi connectivity index (χ4n) is 2.72. The van der Waals surface area contributed by atoms with Crippen molar-refractivity contribution in [3.63, 3.8) is 0 Å². The molecule has 0 heterocycles. The van der Waals surface area contributed by atoms with Gasteiger partial charge in [0.25, 0.3) is 11.8 Å². The van der Waals surface area contributed by atoms with Crippen LogP contribution in [0.5, 0.6) is 17.2 Å². The molecule has 28 heavy (non-hydrogen) atoms. The zero-order valence-corrected chi connectivity index (χ0v) is 16.6. The molecule has 0 saturated heterocycles. The lowest BCUT2D eigenvalue weighted by atomic mass is 10.1. The van der Waals surface area contributed by atoms with Crippen LogP contribution in [0.3, 0.4) is 0 Å². The third kappa shape index (κ3) is 5.16. The highest BCUT2D eigenvalue weighted by Crippen LogP contribution is 2.39. The number of carbonyl (C=O) groups is 2. The van der Waals surface area contributed by atoms with Gasteiger partial charge < -0.3 is 24.8 Å². The van der Waals surface area contributed by atoms with Gasteiger partial charge in [0.05, 0.1) is 14.2 Å². The number of nitrogens with two attached hydrogens (primary N) is 1. The SMILES string of the molecule is COc1cc(C(=O)N(Cc2ccccc2)C(C)C)cc(OC)c1OCC(N)=O. The predicted octanol–water partition coefficient (Wildman–Crippen LogP) is 2.62. The van der Waals surface area contributed by atoms with E-state index in [4.69, 9.17) is 19.9 Å². The van der Waals surface area contributed by atoms with Crippen molar-refractivity contribution in [1.29, 1.82) is 0 Å². The molecule has 2 rings (SSSR count). The summed E-state index contributed by atoms with van der Waals surface area (Å²) in [5, 5.41) is 0. The molecule has 0 saturated carbocycles. The topological polar surface area (TPSA) is 91.1 Å². The molecule has 0 bridgehead atoms. The zero-order chi connectivity index (χ0) is 20.7. The standard InChI is InChI=1S/C21H26N2O5/c1-14(2)23(12-15-8-6-5-7-9-15)21(25)16-10-17(26-3)20(18(11-16)27-4)28-13-19(22)24/h5-11,14H,12-13H2,1-4H3,(H2,22,24). The number of carbonyl (C=O) groups excluding carboxylic acids is 2. The predicted molar refractivity (Wildman–Crippen MR) is 106 cm³/mol. The normalized spacial score (nSPS) is 10.5. The fraction of sp³-hybridized carbons (Fsp3) is 0.333. The summed E-state index contributed by atoms with van der Waals surface area (Å²) in [6.45, 7) is 4.06. The summed E-state index contributed by atoms with van der Waals surface area (Å²) >= 11 is 0. The van der Waals surface area contributed by atoms with E-state index in [1.165, 1.54) is 14.2 Å². The number of amides is 2. The average Bonchev–Trinajstić information content (AvgIpc) is 2.69. The second kappa shape index (κ2) is 9.64. The van der Waals surface area contributed by atoms with Gasteiger partial charge in [-0.05, 0) is 31.5 Å². The van der Waals surface area contributed by atoms with E-state index < -0.39 is 5.91 Å². The van der Waals surface area contributed by atoms with Crippen molar-refractivity contribution in [2.45, 2.75) is 26.4 Å². The number of hydrogen-bond acceptors (Lipinski definition) is 5. The zero-order valence-electron chi connectivity index (χ0n) is 16.6. The van der Waals surface area contributed by atoms with Gasteiger partial charge in [-0.15, -0.1) is 0 Å². The van der Waals surface area contributed by atoms with Crippen molar-refractivity contribution in [3.05, 3.63) is 53.6 Å². The maximum absolute atomic E-state index is 13.2. The highest BCUT2D eigenvalue weighted by Gasteiger charge is 2.23. The molecule has 0 unspecified atom stereocenters. The highest BCUT2D eigenvalue weighted by molar-refractivity contribution is 5.96. The van der Waals surface area contributed by atoms with E-state index in [9.17, 15) is 9.59 Å². The molecule has 2 amide bonds. The second-order valence-electron chi connectivity index (χ2n) is 6.48. The number of primary amides is 1. The van der Waals surface area contributed by atoms with E-state index in [2.05, 4.69) is 0 Å². The maximum Gasteiger partial charge on any atom is 0.255 e. The van der Waals surface area contributed by atoms with E-state index in [-0.39, 0.29) is 35.8 Å². The molecule has 0 fully saturated rings. The van der Waals surface area contributed by atoms with Gasteiger partial charge in [-0.25, -0.2) is 0 Å². The first kappa shape index (κ1) is 21.1. The van der Waals surface area contributed by atoms with E-state index in [0.29, 0.717) is 12.1 Å². The molecule has 0 spiro atoms. The molecule has 0 aromatic heterocycles. The van der Waals surface area contributed by atoms with Crippen molar-refractivity contribution in [2.75, 3.05) is 20.8 Å². The Morgan fingerprint density at radius 2 is 1.61 bits per heavy atom. The van der Waals surface area contributed by atoms with Gasteiger partial charge in [-0.1, -0.05) is 30.3 Å². The molecule has 2 N–H and O–H groups in total. The van der Waals surface area contributed by atoms with Gasteiger partial charge in [0.15, 0.2) is 18.1 Å². The van der Waals surface area contributed by atoms with E-state index in [0.717, 1.165) is 5.56 Å². The lowest BCUT2D eigenvalue weighted by Gasteiger charge is -2.27. The van der Waals surface area contributed by atoms with Crippen molar-refractivity contribution in [3.8, 4) is 17.2 Å². The first-order valence-electron chi connectivity index (χ1n) is 8.89. The van der Waals surface area contributed by atoms with E-state index in [1.807, 2.05) is 44.2 Å². The number of nitrogens with zero attached hydrogens (tertiary/aromatic N) is 1. The molecule has 2 aromatic carbocycles. The van der Waals surface area contributed by atoms with Gasteiger partial charge in [-0.2, -0.15) is 0 Å². The van der Waals surface area contributed by atoms with Crippen LogP contribution in [0.2, 0.25) is 0 Å². The fourth-order valence-corrected chi connectivity index (χ4v) is 2.72. The van der Waals surface area contributed by atoms with Crippen molar-refractivity contribution >= 4 is 11.8 Å². The summed E-state index contributed by atoms with van der Waals surface area (Å²) in [5.74, 6) is -0.00533. The Morgan fingerprint density at radius 3 is 2.07 bits per heavy atom. The van der Waals surface area contributed by atoms with Gasteiger partial charge in [-0.3, -0.25) is 9.59 Å². The summed E-state index contributed by atoms with van der Waals surface area (Å²) in [7, 11) is 2.90. The summed E-state index contributed by atoms with van der Waals surface area (Å²) in [6.07, 6.45) is 0. The van der Waals surface area contributed by atoms with Crippen LogP contribution in [0.25, 0.3) is 0 Å². The molecule has 2 aromatic rings. The van der Waals surface area contributed by atoms with Crippen LogP contribution in [-0.2, 0) is 11.3 Å². The van der Waals surface area contributed by atoms with Gasteiger partial charge in [0.2, 0.25) is 5.75 Å².